The molecule has 0 radical (unpaired) electrons. The van der Waals surface area contributed by atoms with Gasteiger partial charge in [0.25, 0.3) is 5.91 Å². The molecule has 0 atom stereocenters. The number of nitrogens with two attached hydrogens (primary N) is 1. The van der Waals surface area contributed by atoms with Gasteiger partial charge in [-0.3, -0.25) is 4.79 Å². The van der Waals surface area contributed by atoms with Crippen LogP contribution in [0.15, 0.2) is 24.3 Å². The van der Waals surface area contributed by atoms with Gasteiger partial charge in [-0.25, -0.2) is 4.98 Å². The average Bonchev–Trinajstić information content (AvgIpc) is 2.74. The molecule has 0 aliphatic rings. The van der Waals surface area contributed by atoms with Gasteiger partial charge >= 0.3 is 0 Å². The Morgan fingerprint density at radius 2 is 2.05 bits per heavy atom. The van der Waals surface area contributed by atoms with Crippen molar-refractivity contribution in [2.45, 2.75) is 6.92 Å². The van der Waals surface area contributed by atoms with E-state index in [9.17, 15) is 4.79 Å². The molecule has 1 heterocycles. The number of hydrogen-bond donors (Lipinski definition) is 2. The number of nitrogens with one attached hydrogen (secondary N) is 1. The van der Waals surface area contributed by atoms with E-state index in [1.54, 1.807) is 0 Å². The van der Waals surface area contributed by atoms with Gasteiger partial charge in [0.1, 0.15) is 10.7 Å². The third kappa shape index (κ3) is 2.85. The second kappa shape index (κ2) is 5.27. The molecule has 100 valence electrons. The molecule has 0 aliphatic carbocycles. The minimum absolute atomic E-state index is 0.225. The van der Waals surface area contributed by atoms with Crippen molar-refractivity contribution in [1.29, 1.82) is 0 Å². The van der Waals surface area contributed by atoms with E-state index in [4.69, 9.17) is 5.73 Å². The summed E-state index contributed by atoms with van der Waals surface area (Å²) in [5.41, 5.74) is 7.57. The zero-order valence-electron chi connectivity index (χ0n) is 11.1. The van der Waals surface area contributed by atoms with Crippen LogP contribution in [0.1, 0.15) is 15.2 Å². The summed E-state index contributed by atoms with van der Waals surface area (Å²) < 4.78 is 0. The Hall–Kier alpha value is -2.08. The number of carbonyl (C=O) groups is 1. The van der Waals surface area contributed by atoms with Crippen LogP contribution in [0.2, 0.25) is 0 Å². The molecule has 1 amide bonds. The van der Waals surface area contributed by atoms with Gasteiger partial charge in [-0.05, 0) is 18.6 Å². The first-order valence-corrected chi connectivity index (χ1v) is 6.61. The Bertz CT molecular complexity index is 606. The molecule has 1 aromatic heterocycles. The standard InChI is InChI=1S/C13H16N4OS/c1-8-6-4-5-7-9(8)15-12(18)10-11(14)16-13(19-10)17(2)3/h4-7H,14H2,1-3H3,(H,15,18). The highest BCUT2D eigenvalue weighted by atomic mass is 32.1. The largest absolute Gasteiger partial charge is 0.382 e. The van der Waals surface area contributed by atoms with Gasteiger partial charge in [-0.1, -0.05) is 29.5 Å². The van der Waals surface area contributed by atoms with Crippen molar-refractivity contribution < 1.29 is 4.79 Å². The van der Waals surface area contributed by atoms with Crippen molar-refractivity contribution in [3.8, 4) is 0 Å². The van der Waals surface area contributed by atoms with E-state index in [1.807, 2.05) is 50.2 Å². The van der Waals surface area contributed by atoms with Crippen LogP contribution in [0.3, 0.4) is 0 Å². The predicted octanol–water partition coefficient (Wildman–Crippen LogP) is 2.35. The molecule has 0 bridgehead atoms. The Kier molecular flexibility index (Phi) is 3.71. The van der Waals surface area contributed by atoms with Crippen molar-refractivity contribution in [2.75, 3.05) is 30.0 Å². The van der Waals surface area contributed by atoms with Crippen LogP contribution >= 0.6 is 11.3 Å². The SMILES string of the molecule is Cc1ccccc1NC(=O)c1sc(N(C)C)nc1N. The molecule has 0 saturated heterocycles. The van der Waals surface area contributed by atoms with Gasteiger partial charge in [-0.15, -0.1) is 0 Å². The molecular weight excluding hydrogens is 260 g/mol. The minimum Gasteiger partial charge on any atom is -0.382 e. The summed E-state index contributed by atoms with van der Waals surface area (Å²) in [4.78, 5) is 18.6. The number of nitrogen functional groups attached to an aromatic ring is 1. The summed E-state index contributed by atoms with van der Waals surface area (Å²) >= 11 is 1.28. The Balaban J connectivity index is 2.23. The summed E-state index contributed by atoms with van der Waals surface area (Å²) in [5.74, 6) is 0.0391. The number of anilines is 3. The number of carbonyl (C=O) groups excluding carboxylic acids is 1. The number of para-hydroxylation sites is 1. The van der Waals surface area contributed by atoms with Crippen molar-refractivity contribution in [2.24, 2.45) is 0 Å². The molecule has 0 unspecified atom stereocenters. The number of aryl methyl sites for hydroxylation is 1. The highest BCUT2D eigenvalue weighted by molar-refractivity contribution is 7.18. The fourth-order valence-corrected chi connectivity index (χ4v) is 2.37. The zero-order valence-corrected chi connectivity index (χ0v) is 11.9. The first-order valence-electron chi connectivity index (χ1n) is 5.79. The van der Waals surface area contributed by atoms with Crippen LogP contribution in [-0.4, -0.2) is 25.0 Å². The van der Waals surface area contributed by atoms with E-state index >= 15 is 0 Å². The van der Waals surface area contributed by atoms with Gasteiger partial charge in [0, 0.05) is 19.8 Å². The van der Waals surface area contributed by atoms with E-state index in [0.29, 0.717) is 10.0 Å². The Morgan fingerprint density at radius 1 is 1.37 bits per heavy atom. The minimum atomic E-state index is -0.225. The van der Waals surface area contributed by atoms with Crippen LogP contribution in [-0.2, 0) is 0 Å². The Morgan fingerprint density at radius 3 is 2.63 bits per heavy atom. The van der Waals surface area contributed by atoms with Gasteiger partial charge in [-0.2, -0.15) is 0 Å². The van der Waals surface area contributed by atoms with E-state index in [1.165, 1.54) is 11.3 Å². The first-order chi connectivity index (χ1) is 8.99. The van der Waals surface area contributed by atoms with Crippen LogP contribution in [0.4, 0.5) is 16.6 Å². The van der Waals surface area contributed by atoms with Crippen molar-refractivity contribution in [3.63, 3.8) is 0 Å². The number of rotatable bonds is 3. The maximum Gasteiger partial charge on any atom is 0.269 e. The lowest BCUT2D eigenvalue weighted by atomic mass is 10.2. The summed E-state index contributed by atoms with van der Waals surface area (Å²) in [5, 5.41) is 3.57. The summed E-state index contributed by atoms with van der Waals surface area (Å²) in [7, 11) is 3.72. The third-order valence-corrected chi connectivity index (χ3v) is 3.86. The molecular formula is C13H16N4OS. The lowest BCUT2D eigenvalue weighted by Gasteiger charge is -2.07. The van der Waals surface area contributed by atoms with Gasteiger partial charge < -0.3 is 16.0 Å². The number of amides is 1. The highest BCUT2D eigenvalue weighted by Crippen LogP contribution is 2.27. The molecule has 19 heavy (non-hydrogen) atoms. The molecule has 5 nitrogen and oxygen atoms in total. The van der Waals surface area contributed by atoms with E-state index < -0.39 is 0 Å². The van der Waals surface area contributed by atoms with Crippen LogP contribution < -0.4 is 16.0 Å². The fourth-order valence-electron chi connectivity index (χ4n) is 1.57. The molecule has 0 saturated carbocycles. The number of nitrogens with zero attached hydrogens (tertiary/aromatic N) is 2. The smallest absolute Gasteiger partial charge is 0.269 e. The highest BCUT2D eigenvalue weighted by Gasteiger charge is 2.17. The summed E-state index contributed by atoms with van der Waals surface area (Å²) in [6, 6.07) is 7.61. The molecule has 0 aliphatic heterocycles. The first kappa shape index (κ1) is 13.4. The molecule has 0 spiro atoms. The molecule has 6 heteroatoms. The topological polar surface area (TPSA) is 71.2 Å². The second-order valence-electron chi connectivity index (χ2n) is 4.37. The average molecular weight is 276 g/mol. The lowest BCUT2D eigenvalue weighted by Crippen LogP contribution is -2.12. The fraction of sp³-hybridized carbons (Fsp3) is 0.231. The molecule has 3 N–H and O–H groups in total. The normalized spacial score (nSPS) is 10.3. The van der Waals surface area contributed by atoms with Gasteiger partial charge in [0.2, 0.25) is 0 Å². The van der Waals surface area contributed by atoms with Crippen LogP contribution in [0.5, 0.6) is 0 Å². The lowest BCUT2D eigenvalue weighted by molar-refractivity contribution is 0.103. The number of hydrogen-bond acceptors (Lipinski definition) is 5. The van der Waals surface area contributed by atoms with Gasteiger partial charge in [0.05, 0.1) is 0 Å². The van der Waals surface area contributed by atoms with Crippen molar-refractivity contribution >= 4 is 33.9 Å². The van der Waals surface area contributed by atoms with Crippen molar-refractivity contribution in [3.05, 3.63) is 34.7 Å². The Labute approximate surface area is 116 Å². The molecule has 0 fully saturated rings. The van der Waals surface area contributed by atoms with Crippen molar-refractivity contribution in [1.82, 2.24) is 4.98 Å². The van der Waals surface area contributed by atoms with E-state index in [-0.39, 0.29) is 11.7 Å². The number of thiazole rings is 1. The predicted molar refractivity (Wildman–Crippen MR) is 80.0 cm³/mol. The summed E-state index contributed by atoms with van der Waals surface area (Å²) in [6.45, 7) is 1.94. The van der Waals surface area contributed by atoms with Crippen LogP contribution in [0.25, 0.3) is 0 Å². The summed E-state index contributed by atoms with van der Waals surface area (Å²) in [6.07, 6.45) is 0. The maximum atomic E-state index is 12.2. The van der Waals surface area contributed by atoms with Gasteiger partial charge in [0.15, 0.2) is 5.13 Å². The van der Waals surface area contributed by atoms with E-state index in [2.05, 4.69) is 10.3 Å². The number of aromatic nitrogens is 1. The molecule has 2 rings (SSSR count). The second-order valence-corrected chi connectivity index (χ2v) is 5.35. The molecule has 2 aromatic rings. The quantitative estimate of drug-likeness (QED) is 0.902. The van der Waals surface area contributed by atoms with Crippen LogP contribution in [0, 0.1) is 6.92 Å². The zero-order chi connectivity index (χ0) is 14.0. The third-order valence-electron chi connectivity index (χ3n) is 2.62. The van der Waals surface area contributed by atoms with E-state index in [0.717, 1.165) is 11.3 Å². The monoisotopic (exact) mass is 276 g/mol. The number of benzene rings is 1. The maximum absolute atomic E-state index is 12.2. The molecule has 1 aromatic carbocycles.